The molecule has 0 aromatic heterocycles. The summed E-state index contributed by atoms with van der Waals surface area (Å²) in [5, 5.41) is 0. The van der Waals surface area contributed by atoms with Gasteiger partial charge < -0.3 is 11.5 Å². The fourth-order valence-electron chi connectivity index (χ4n) is 4.48. The van der Waals surface area contributed by atoms with Crippen molar-refractivity contribution in [1.29, 1.82) is 0 Å². The maximum absolute atomic E-state index is 6.10. The van der Waals surface area contributed by atoms with E-state index in [1.807, 2.05) is 0 Å². The Labute approximate surface area is 119 Å². The highest BCUT2D eigenvalue weighted by Gasteiger charge is 2.36. The fraction of sp³-hybridized carbons (Fsp3) is 1.00. The zero-order valence-electron chi connectivity index (χ0n) is 13.0. The lowest BCUT2D eigenvalue weighted by molar-refractivity contribution is 0.100. The Morgan fingerprint density at radius 2 is 1.42 bits per heavy atom. The van der Waals surface area contributed by atoms with Gasteiger partial charge in [-0.15, -0.1) is 0 Å². The van der Waals surface area contributed by atoms with Crippen LogP contribution in [0.5, 0.6) is 0 Å². The second-order valence-electron chi connectivity index (χ2n) is 7.76. The first-order valence-corrected chi connectivity index (χ1v) is 8.56. The number of rotatable bonds is 4. The first kappa shape index (κ1) is 15.3. The van der Waals surface area contributed by atoms with Crippen molar-refractivity contribution in [3.8, 4) is 0 Å². The normalized spacial score (nSPS) is 27.6. The van der Waals surface area contributed by atoms with Crippen LogP contribution < -0.4 is 11.5 Å². The molecule has 0 spiro atoms. The Hall–Kier alpha value is -0.0800. The van der Waals surface area contributed by atoms with Crippen LogP contribution >= 0.6 is 0 Å². The van der Waals surface area contributed by atoms with Gasteiger partial charge in [-0.25, -0.2) is 0 Å². The van der Waals surface area contributed by atoms with Crippen molar-refractivity contribution < 1.29 is 0 Å². The van der Waals surface area contributed by atoms with E-state index in [9.17, 15) is 0 Å². The second kappa shape index (κ2) is 6.58. The molecule has 0 heterocycles. The molecule has 0 amide bonds. The molecule has 1 atom stereocenters. The predicted molar refractivity (Wildman–Crippen MR) is 82.6 cm³/mol. The molecule has 0 aromatic carbocycles. The summed E-state index contributed by atoms with van der Waals surface area (Å²) in [4.78, 5) is 0. The van der Waals surface area contributed by atoms with Crippen LogP contribution in [0.2, 0.25) is 0 Å². The molecule has 112 valence electrons. The number of hydrogen-bond acceptors (Lipinski definition) is 2. The first-order chi connectivity index (χ1) is 8.98. The number of hydrogen-bond donors (Lipinski definition) is 2. The maximum atomic E-state index is 6.10. The van der Waals surface area contributed by atoms with Gasteiger partial charge in [0.1, 0.15) is 0 Å². The van der Waals surface area contributed by atoms with Gasteiger partial charge in [-0.1, -0.05) is 46.0 Å². The van der Waals surface area contributed by atoms with E-state index in [0.29, 0.717) is 0 Å². The highest BCUT2D eigenvalue weighted by Crippen LogP contribution is 2.43. The quantitative estimate of drug-likeness (QED) is 0.755. The van der Waals surface area contributed by atoms with Gasteiger partial charge in [0.2, 0.25) is 0 Å². The summed E-state index contributed by atoms with van der Waals surface area (Å²) >= 11 is 0. The molecule has 2 saturated carbocycles. The highest BCUT2D eigenvalue weighted by molar-refractivity contribution is 4.89. The maximum Gasteiger partial charge on any atom is 0.0636 e. The van der Waals surface area contributed by atoms with E-state index in [1.165, 1.54) is 51.4 Å². The van der Waals surface area contributed by atoms with E-state index in [-0.39, 0.29) is 5.66 Å². The molecule has 0 aliphatic heterocycles. The van der Waals surface area contributed by atoms with Crippen LogP contribution in [0, 0.1) is 23.7 Å². The lowest BCUT2D eigenvalue weighted by atomic mass is 9.66. The monoisotopic (exact) mass is 266 g/mol. The van der Waals surface area contributed by atoms with Crippen LogP contribution in [0.25, 0.3) is 0 Å². The summed E-state index contributed by atoms with van der Waals surface area (Å²) in [5.74, 6) is 3.65. The fourth-order valence-corrected chi connectivity index (χ4v) is 4.48. The smallest absolute Gasteiger partial charge is 0.0636 e. The Balaban J connectivity index is 1.96. The van der Waals surface area contributed by atoms with Crippen LogP contribution in [0.3, 0.4) is 0 Å². The molecule has 2 nitrogen and oxygen atoms in total. The Bertz CT molecular complexity index is 256. The van der Waals surface area contributed by atoms with Gasteiger partial charge in [-0.3, -0.25) is 0 Å². The predicted octanol–water partition coefficient (Wildman–Crippen LogP) is 4.03. The van der Waals surface area contributed by atoms with Crippen LogP contribution in [-0.4, -0.2) is 5.66 Å². The third-order valence-electron chi connectivity index (χ3n) is 5.57. The Morgan fingerprint density at radius 3 is 1.95 bits per heavy atom. The van der Waals surface area contributed by atoms with Crippen molar-refractivity contribution in [3.05, 3.63) is 0 Å². The van der Waals surface area contributed by atoms with Gasteiger partial charge >= 0.3 is 0 Å². The molecule has 2 heteroatoms. The summed E-state index contributed by atoms with van der Waals surface area (Å²) < 4.78 is 0. The van der Waals surface area contributed by atoms with E-state index in [0.717, 1.165) is 36.5 Å². The lowest BCUT2D eigenvalue weighted by Gasteiger charge is -2.42. The molecule has 4 N–H and O–H groups in total. The highest BCUT2D eigenvalue weighted by atomic mass is 15.0. The zero-order chi connectivity index (χ0) is 13.9. The molecule has 2 aliphatic rings. The zero-order valence-corrected chi connectivity index (χ0v) is 13.0. The SMILES string of the molecule is CC(C)CC(C1CCCCC1)C1CCC(N)(N)CC1. The summed E-state index contributed by atoms with van der Waals surface area (Å²) in [6.45, 7) is 4.77. The summed E-state index contributed by atoms with van der Waals surface area (Å²) in [5.41, 5.74) is 11.8. The van der Waals surface area contributed by atoms with Crippen molar-refractivity contribution in [1.82, 2.24) is 0 Å². The molecule has 2 aliphatic carbocycles. The van der Waals surface area contributed by atoms with Gasteiger partial charge in [0.15, 0.2) is 0 Å². The molecular formula is C17H34N2. The molecule has 1 unspecified atom stereocenters. The van der Waals surface area contributed by atoms with Gasteiger partial charge in [0, 0.05) is 0 Å². The van der Waals surface area contributed by atoms with Crippen molar-refractivity contribution in [2.24, 2.45) is 35.1 Å². The van der Waals surface area contributed by atoms with E-state index in [4.69, 9.17) is 11.5 Å². The Kier molecular flexibility index (Phi) is 5.30. The van der Waals surface area contributed by atoms with Crippen LogP contribution in [0.4, 0.5) is 0 Å². The third-order valence-corrected chi connectivity index (χ3v) is 5.57. The third kappa shape index (κ3) is 4.46. The van der Waals surface area contributed by atoms with E-state index >= 15 is 0 Å². The molecule has 0 bridgehead atoms. The Morgan fingerprint density at radius 1 is 0.895 bits per heavy atom. The first-order valence-electron chi connectivity index (χ1n) is 8.56. The molecule has 19 heavy (non-hydrogen) atoms. The number of nitrogens with two attached hydrogens (primary N) is 2. The molecule has 2 fully saturated rings. The molecule has 0 saturated heterocycles. The molecule has 2 rings (SSSR count). The average molecular weight is 266 g/mol. The van der Waals surface area contributed by atoms with E-state index < -0.39 is 0 Å². The van der Waals surface area contributed by atoms with E-state index in [1.54, 1.807) is 0 Å². The topological polar surface area (TPSA) is 52.0 Å². The largest absolute Gasteiger partial charge is 0.313 e. The van der Waals surface area contributed by atoms with Gasteiger partial charge in [-0.05, 0) is 55.8 Å². The standard InChI is InChI=1S/C17H34N2/c1-13(2)12-16(14-6-4-3-5-7-14)15-8-10-17(18,19)11-9-15/h13-16H,3-12,18-19H2,1-2H3. The van der Waals surface area contributed by atoms with Gasteiger partial charge in [0.25, 0.3) is 0 Å². The summed E-state index contributed by atoms with van der Waals surface area (Å²) in [6.07, 6.45) is 13.3. The lowest BCUT2D eigenvalue weighted by Crippen LogP contribution is -2.52. The van der Waals surface area contributed by atoms with Crippen molar-refractivity contribution in [2.75, 3.05) is 0 Å². The minimum Gasteiger partial charge on any atom is -0.313 e. The molecule has 0 radical (unpaired) electrons. The van der Waals surface area contributed by atoms with Gasteiger partial charge in [-0.2, -0.15) is 0 Å². The van der Waals surface area contributed by atoms with Crippen LogP contribution in [-0.2, 0) is 0 Å². The average Bonchev–Trinajstić information content (AvgIpc) is 2.37. The van der Waals surface area contributed by atoms with Crippen molar-refractivity contribution in [3.63, 3.8) is 0 Å². The van der Waals surface area contributed by atoms with Crippen molar-refractivity contribution >= 4 is 0 Å². The summed E-state index contributed by atoms with van der Waals surface area (Å²) in [6, 6.07) is 0. The minimum absolute atomic E-state index is 0.370. The molecular weight excluding hydrogens is 232 g/mol. The van der Waals surface area contributed by atoms with E-state index in [2.05, 4.69) is 13.8 Å². The van der Waals surface area contributed by atoms with Gasteiger partial charge in [0.05, 0.1) is 5.66 Å². The minimum atomic E-state index is -0.370. The molecule has 0 aromatic rings. The second-order valence-corrected chi connectivity index (χ2v) is 7.76. The summed E-state index contributed by atoms with van der Waals surface area (Å²) in [7, 11) is 0. The van der Waals surface area contributed by atoms with Crippen LogP contribution in [0.15, 0.2) is 0 Å². The van der Waals surface area contributed by atoms with Crippen LogP contribution in [0.1, 0.15) is 78.1 Å². The van der Waals surface area contributed by atoms with Crippen molar-refractivity contribution in [2.45, 2.75) is 83.7 Å².